The number of aliphatic hydroxyl groups is 1. The molecule has 4 heterocycles. The Bertz CT molecular complexity index is 1150. The molecule has 2 N–H and O–H groups in total. The van der Waals surface area contributed by atoms with Crippen molar-refractivity contribution in [2.45, 2.75) is 30.5 Å². The van der Waals surface area contributed by atoms with Gasteiger partial charge in [-0.2, -0.15) is 0 Å². The number of benzene rings is 1. The normalized spacial score (nSPS) is 27.3. The Hall–Kier alpha value is -2.51. The zero-order valence-electron chi connectivity index (χ0n) is 15.6. The summed E-state index contributed by atoms with van der Waals surface area (Å²) in [5.41, 5.74) is 10.1. The Morgan fingerprint density at radius 2 is 2.30 bits per heavy atom. The van der Waals surface area contributed by atoms with E-state index in [1.807, 2.05) is 18.2 Å². The monoisotopic (exact) mass is 520 g/mol. The molecule has 1 aromatic carbocycles. The number of nitrogens with zero attached hydrogens (tertiary/aromatic N) is 7. The molecule has 0 saturated carbocycles. The predicted octanol–water partition coefficient (Wildman–Crippen LogP) is 2.38. The second-order valence-corrected chi connectivity index (χ2v) is 8.43. The van der Waals surface area contributed by atoms with Gasteiger partial charge in [-0.25, -0.2) is 15.0 Å². The van der Waals surface area contributed by atoms with Crippen LogP contribution in [0.2, 0.25) is 0 Å². The number of hydrogen-bond acceptors (Lipinski definition) is 8. The summed E-state index contributed by atoms with van der Waals surface area (Å²) in [6.45, 7) is 0.445. The highest BCUT2D eigenvalue weighted by atomic mass is 127. The lowest BCUT2D eigenvalue weighted by molar-refractivity contribution is -0.182. The lowest BCUT2D eigenvalue weighted by Gasteiger charge is -2.29. The summed E-state index contributed by atoms with van der Waals surface area (Å²) in [6, 6.07) is 7.54. The fourth-order valence-corrected chi connectivity index (χ4v) is 4.59. The van der Waals surface area contributed by atoms with E-state index in [9.17, 15) is 5.11 Å². The molecule has 30 heavy (non-hydrogen) atoms. The van der Waals surface area contributed by atoms with E-state index >= 15 is 0 Å². The molecule has 0 amide bonds. The predicted molar refractivity (Wildman–Crippen MR) is 114 cm³/mol. The molecule has 11 nitrogen and oxygen atoms in total. The van der Waals surface area contributed by atoms with Crippen LogP contribution in [0.3, 0.4) is 0 Å². The Balaban J connectivity index is 1.45. The maximum atomic E-state index is 9.86. The number of aliphatic hydroxyl groups excluding tert-OH is 1. The molecule has 3 aromatic rings. The van der Waals surface area contributed by atoms with E-state index in [2.05, 4.69) is 59.0 Å². The molecule has 2 aromatic heterocycles. The summed E-state index contributed by atoms with van der Waals surface area (Å²) < 4.78 is 14.8. The number of ether oxygens (including phenoxy) is 2. The molecule has 0 radical (unpaired) electrons. The number of fused-ring (bicyclic) bond motifs is 3. The molecule has 2 saturated heterocycles. The van der Waals surface area contributed by atoms with Gasteiger partial charge in [0.05, 0.1) is 19.5 Å². The van der Waals surface area contributed by atoms with Gasteiger partial charge in [-0.05, 0) is 45.8 Å². The second kappa shape index (κ2) is 7.63. The van der Waals surface area contributed by atoms with E-state index in [4.69, 9.17) is 15.0 Å². The number of imidazole rings is 1. The van der Waals surface area contributed by atoms with E-state index in [1.54, 1.807) is 10.9 Å². The van der Waals surface area contributed by atoms with E-state index in [1.165, 1.54) is 6.33 Å². The minimum atomic E-state index is -1.06. The summed E-state index contributed by atoms with van der Waals surface area (Å²) in [5.74, 6) is 0.602. The van der Waals surface area contributed by atoms with E-state index in [0.29, 0.717) is 23.5 Å². The first-order valence-corrected chi connectivity index (χ1v) is 10.3. The van der Waals surface area contributed by atoms with Gasteiger partial charge in [0.1, 0.15) is 24.1 Å². The smallest absolute Gasteiger partial charge is 0.167 e. The largest absolute Gasteiger partial charge is 0.393 e. The van der Waals surface area contributed by atoms with Crippen molar-refractivity contribution in [2.24, 2.45) is 5.11 Å². The van der Waals surface area contributed by atoms with Crippen LogP contribution in [0, 0.1) is 3.57 Å². The maximum Gasteiger partial charge on any atom is 0.167 e. The SMILES string of the molecule is [N-]=[N+]=NC1[C@@H]2OC[C@]1(CO)O[C@H]2n1cnc2c(NCc3cccc(I)c3)ncnc21. The molecule has 154 valence electrons. The average molecular weight is 520 g/mol. The van der Waals surface area contributed by atoms with Gasteiger partial charge in [0.25, 0.3) is 0 Å². The first-order valence-electron chi connectivity index (χ1n) is 9.25. The van der Waals surface area contributed by atoms with Crippen molar-refractivity contribution in [3.8, 4) is 0 Å². The molecule has 0 spiro atoms. The summed E-state index contributed by atoms with van der Waals surface area (Å²) in [5, 5.41) is 17.0. The summed E-state index contributed by atoms with van der Waals surface area (Å²) >= 11 is 2.28. The fraction of sp³-hybridized carbons (Fsp3) is 0.389. The molecule has 2 bridgehead atoms. The standard InChI is InChI=1S/C18H17IN8O3/c19-11-3-1-2-10(4-11)5-21-15-12-16(23-8-22-15)27(9-24-12)17-13-14(25-26-20)18(6-28,30-17)7-29-13/h1-4,8-9,13-14,17,28H,5-7H2,(H,21,22,23)/t13-,14?,17+,18-/m0/s1. The van der Waals surface area contributed by atoms with Crippen LogP contribution in [0.15, 0.2) is 42.0 Å². The fourth-order valence-electron chi connectivity index (χ4n) is 3.98. The Morgan fingerprint density at radius 3 is 3.10 bits per heavy atom. The number of nitrogens with one attached hydrogen (secondary N) is 1. The van der Waals surface area contributed by atoms with Gasteiger partial charge >= 0.3 is 0 Å². The number of anilines is 1. The van der Waals surface area contributed by atoms with Crippen molar-refractivity contribution in [2.75, 3.05) is 18.5 Å². The Kier molecular flexibility index (Phi) is 4.95. The van der Waals surface area contributed by atoms with E-state index in [-0.39, 0.29) is 13.2 Å². The van der Waals surface area contributed by atoms with Gasteiger partial charge in [-0.1, -0.05) is 17.2 Å². The van der Waals surface area contributed by atoms with Crippen LogP contribution < -0.4 is 5.32 Å². The van der Waals surface area contributed by atoms with Crippen LogP contribution in [0.5, 0.6) is 0 Å². The first kappa shape index (κ1) is 19.5. The minimum absolute atomic E-state index is 0.165. The van der Waals surface area contributed by atoms with Crippen molar-refractivity contribution in [1.29, 1.82) is 0 Å². The summed E-state index contributed by atoms with van der Waals surface area (Å²) in [6.07, 6.45) is 1.90. The Morgan fingerprint density at radius 1 is 1.40 bits per heavy atom. The van der Waals surface area contributed by atoms with Gasteiger partial charge in [0, 0.05) is 15.0 Å². The first-order chi connectivity index (χ1) is 14.6. The van der Waals surface area contributed by atoms with Gasteiger partial charge < -0.3 is 19.9 Å². The minimum Gasteiger partial charge on any atom is -0.393 e. The number of halogens is 1. The molecule has 4 atom stereocenters. The molecule has 1 unspecified atom stereocenters. The summed E-state index contributed by atoms with van der Waals surface area (Å²) in [7, 11) is 0. The number of azide groups is 1. The highest BCUT2D eigenvalue weighted by Gasteiger charge is 2.61. The number of rotatable bonds is 6. The summed E-state index contributed by atoms with van der Waals surface area (Å²) in [4.78, 5) is 16.1. The third-order valence-electron chi connectivity index (χ3n) is 5.43. The third-order valence-corrected chi connectivity index (χ3v) is 6.10. The molecule has 2 aliphatic rings. The van der Waals surface area contributed by atoms with Gasteiger partial charge in [0.15, 0.2) is 23.2 Å². The highest BCUT2D eigenvalue weighted by Crippen LogP contribution is 2.47. The van der Waals surface area contributed by atoms with Crippen LogP contribution in [-0.2, 0) is 16.0 Å². The van der Waals surface area contributed by atoms with Crippen LogP contribution in [0.4, 0.5) is 5.82 Å². The number of aromatic nitrogens is 4. The highest BCUT2D eigenvalue weighted by molar-refractivity contribution is 14.1. The zero-order chi connectivity index (χ0) is 20.7. The molecule has 12 heteroatoms. The van der Waals surface area contributed by atoms with Crippen LogP contribution in [0.1, 0.15) is 11.8 Å². The Labute approximate surface area is 184 Å². The van der Waals surface area contributed by atoms with Crippen molar-refractivity contribution in [3.05, 3.63) is 56.5 Å². The molecular formula is C18H17IN8O3. The molecule has 2 aliphatic heterocycles. The molecular weight excluding hydrogens is 503 g/mol. The van der Waals surface area contributed by atoms with Gasteiger partial charge in [0.2, 0.25) is 0 Å². The molecule has 2 fully saturated rings. The van der Waals surface area contributed by atoms with Crippen molar-refractivity contribution >= 4 is 39.6 Å². The molecule has 5 rings (SSSR count). The maximum absolute atomic E-state index is 9.86. The van der Waals surface area contributed by atoms with Crippen molar-refractivity contribution in [3.63, 3.8) is 0 Å². The topological polar surface area (TPSA) is 143 Å². The van der Waals surface area contributed by atoms with E-state index < -0.39 is 24.0 Å². The van der Waals surface area contributed by atoms with Gasteiger partial charge in [-0.15, -0.1) is 0 Å². The quantitative estimate of drug-likeness (QED) is 0.220. The number of hydrogen-bond donors (Lipinski definition) is 2. The van der Waals surface area contributed by atoms with Crippen LogP contribution in [-0.4, -0.2) is 55.6 Å². The van der Waals surface area contributed by atoms with Crippen LogP contribution >= 0.6 is 22.6 Å². The molecule has 0 aliphatic carbocycles. The average Bonchev–Trinajstić information content (AvgIpc) is 3.43. The second-order valence-electron chi connectivity index (χ2n) is 7.19. The van der Waals surface area contributed by atoms with Crippen molar-refractivity contribution in [1.82, 2.24) is 19.5 Å². The van der Waals surface area contributed by atoms with E-state index in [0.717, 1.165) is 9.13 Å². The van der Waals surface area contributed by atoms with Crippen molar-refractivity contribution < 1.29 is 14.6 Å². The third kappa shape index (κ3) is 3.08. The lowest BCUT2D eigenvalue weighted by atomic mass is 9.98. The van der Waals surface area contributed by atoms with Gasteiger partial charge in [-0.3, -0.25) is 4.57 Å². The van der Waals surface area contributed by atoms with Crippen LogP contribution in [0.25, 0.3) is 21.6 Å². The lowest BCUT2D eigenvalue weighted by Crippen LogP contribution is -2.43. The zero-order valence-corrected chi connectivity index (χ0v) is 17.7.